The van der Waals surface area contributed by atoms with Gasteiger partial charge in [-0.15, -0.1) is 0 Å². The van der Waals surface area contributed by atoms with Crippen molar-refractivity contribution in [3.63, 3.8) is 0 Å². The van der Waals surface area contributed by atoms with Crippen LogP contribution in [0.15, 0.2) is 42.5 Å². The number of rotatable bonds is 3. The zero-order valence-electron chi connectivity index (χ0n) is 14.1. The van der Waals surface area contributed by atoms with Gasteiger partial charge in [-0.05, 0) is 47.4 Å². The standard InChI is InChI=1S/C19H17FN2O4/c1-2-26-18(23)17-14-8-5-12(11-3-6-13(20)7-4-11)9-15(14)16-10-21(17)19(24)22(16)25/h3-9,16-17,25H,2,10H2,1H3/t16-,17+/m0/s1. The summed E-state index contributed by atoms with van der Waals surface area (Å²) in [6, 6.07) is 9.42. The van der Waals surface area contributed by atoms with Gasteiger partial charge in [0.2, 0.25) is 0 Å². The van der Waals surface area contributed by atoms with Crippen LogP contribution in [0.25, 0.3) is 11.1 Å². The molecule has 4 rings (SSSR count). The largest absolute Gasteiger partial charge is 0.464 e. The maximum absolute atomic E-state index is 13.2. The van der Waals surface area contributed by atoms with E-state index in [1.54, 1.807) is 25.1 Å². The number of amides is 2. The van der Waals surface area contributed by atoms with Crippen molar-refractivity contribution in [2.75, 3.05) is 13.2 Å². The van der Waals surface area contributed by atoms with Crippen LogP contribution >= 0.6 is 0 Å². The van der Waals surface area contributed by atoms with Gasteiger partial charge < -0.3 is 9.64 Å². The van der Waals surface area contributed by atoms with E-state index in [-0.39, 0.29) is 19.0 Å². The molecule has 2 aromatic carbocycles. The third-order valence-corrected chi connectivity index (χ3v) is 4.85. The Labute approximate surface area is 149 Å². The first-order chi connectivity index (χ1) is 12.5. The molecule has 2 amide bonds. The zero-order valence-corrected chi connectivity index (χ0v) is 14.1. The molecule has 1 fully saturated rings. The van der Waals surface area contributed by atoms with Crippen LogP contribution in [0, 0.1) is 5.82 Å². The third kappa shape index (κ3) is 2.43. The monoisotopic (exact) mass is 356 g/mol. The lowest BCUT2D eigenvalue weighted by Crippen LogP contribution is -2.39. The van der Waals surface area contributed by atoms with Gasteiger partial charge in [-0.1, -0.05) is 24.3 Å². The predicted molar refractivity (Wildman–Crippen MR) is 89.7 cm³/mol. The van der Waals surface area contributed by atoms with Crippen molar-refractivity contribution in [1.82, 2.24) is 9.96 Å². The lowest BCUT2D eigenvalue weighted by molar-refractivity contribution is -0.148. The Bertz CT molecular complexity index is 884. The Morgan fingerprint density at radius 2 is 1.88 bits per heavy atom. The number of hydrogen-bond acceptors (Lipinski definition) is 4. The van der Waals surface area contributed by atoms with E-state index in [1.807, 2.05) is 12.1 Å². The first kappa shape index (κ1) is 16.5. The van der Waals surface area contributed by atoms with Gasteiger partial charge in [0.1, 0.15) is 11.9 Å². The molecule has 7 heteroatoms. The second-order valence-electron chi connectivity index (χ2n) is 6.30. The summed E-state index contributed by atoms with van der Waals surface area (Å²) >= 11 is 0. The van der Waals surface area contributed by atoms with Gasteiger partial charge >= 0.3 is 12.0 Å². The van der Waals surface area contributed by atoms with Gasteiger partial charge in [0.15, 0.2) is 6.04 Å². The van der Waals surface area contributed by atoms with Gasteiger partial charge in [-0.25, -0.2) is 14.0 Å². The van der Waals surface area contributed by atoms with Crippen molar-refractivity contribution in [2.45, 2.75) is 19.0 Å². The molecule has 1 N–H and O–H groups in total. The molecule has 2 aliphatic rings. The fourth-order valence-corrected chi connectivity index (χ4v) is 3.63. The summed E-state index contributed by atoms with van der Waals surface area (Å²) in [7, 11) is 0. The van der Waals surface area contributed by atoms with E-state index < -0.39 is 24.1 Å². The van der Waals surface area contributed by atoms with E-state index in [1.165, 1.54) is 17.0 Å². The second-order valence-corrected chi connectivity index (χ2v) is 6.30. The highest BCUT2D eigenvalue weighted by Crippen LogP contribution is 2.44. The predicted octanol–water partition coefficient (Wildman–Crippen LogP) is 3.28. The highest BCUT2D eigenvalue weighted by Gasteiger charge is 2.50. The van der Waals surface area contributed by atoms with Crippen LogP contribution in [0.4, 0.5) is 9.18 Å². The van der Waals surface area contributed by atoms with Crippen LogP contribution in [0.1, 0.15) is 30.1 Å². The van der Waals surface area contributed by atoms with E-state index >= 15 is 0 Å². The molecule has 2 bridgehead atoms. The lowest BCUT2D eigenvalue weighted by atomic mass is 9.88. The minimum Gasteiger partial charge on any atom is -0.464 e. The van der Waals surface area contributed by atoms with Gasteiger partial charge in [-0.2, -0.15) is 5.06 Å². The number of hydrogen-bond donors (Lipinski definition) is 1. The van der Waals surface area contributed by atoms with Gasteiger partial charge in [0, 0.05) is 0 Å². The molecular formula is C19H17FN2O4. The van der Waals surface area contributed by atoms with Crippen molar-refractivity contribution < 1.29 is 23.9 Å². The molecule has 2 aromatic rings. The Balaban J connectivity index is 1.82. The minimum absolute atomic E-state index is 0.201. The van der Waals surface area contributed by atoms with Crippen molar-refractivity contribution in [3.05, 3.63) is 59.4 Å². The SMILES string of the molecule is CCOC(=O)[C@H]1c2ccc(-c3ccc(F)cc3)cc2[C@@H]2CN1C(=O)N2O. The summed E-state index contributed by atoms with van der Waals surface area (Å²) in [5, 5.41) is 10.8. The summed E-state index contributed by atoms with van der Waals surface area (Å²) in [4.78, 5) is 26.1. The summed E-state index contributed by atoms with van der Waals surface area (Å²) in [6.07, 6.45) is 0. The van der Waals surface area contributed by atoms with E-state index in [0.29, 0.717) is 16.2 Å². The third-order valence-electron chi connectivity index (χ3n) is 4.85. The number of hydroxylamine groups is 2. The first-order valence-electron chi connectivity index (χ1n) is 8.36. The van der Waals surface area contributed by atoms with Crippen molar-refractivity contribution >= 4 is 12.0 Å². The fraction of sp³-hybridized carbons (Fsp3) is 0.263. The average Bonchev–Trinajstić information content (AvgIpc) is 2.89. The molecule has 134 valence electrons. The van der Waals surface area contributed by atoms with E-state index in [9.17, 15) is 19.2 Å². The molecule has 0 radical (unpaired) electrons. The second kappa shape index (κ2) is 6.10. The molecule has 0 unspecified atom stereocenters. The van der Waals surface area contributed by atoms with E-state index in [0.717, 1.165) is 11.1 Å². The Kier molecular flexibility index (Phi) is 3.88. The van der Waals surface area contributed by atoms with Crippen molar-refractivity contribution in [2.24, 2.45) is 0 Å². The number of carbonyl (C=O) groups excluding carboxylic acids is 2. The quantitative estimate of drug-likeness (QED) is 0.677. The zero-order chi connectivity index (χ0) is 18.4. The number of fused-ring (bicyclic) bond motifs is 4. The molecule has 0 spiro atoms. The number of nitrogens with zero attached hydrogens (tertiary/aromatic N) is 2. The summed E-state index contributed by atoms with van der Waals surface area (Å²) < 4.78 is 18.3. The molecule has 6 nitrogen and oxygen atoms in total. The Morgan fingerprint density at radius 3 is 2.58 bits per heavy atom. The molecule has 2 atom stereocenters. The number of esters is 1. The van der Waals surface area contributed by atoms with Gasteiger partial charge in [0.25, 0.3) is 0 Å². The number of carbonyl (C=O) groups is 2. The Morgan fingerprint density at radius 1 is 1.19 bits per heavy atom. The highest BCUT2D eigenvalue weighted by atomic mass is 19.1. The summed E-state index contributed by atoms with van der Waals surface area (Å²) in [5.74, 6) is -0.849. The van der Waals surface area contributed by atoms with Gasteiger partial charge in [-0.3, -0.25) is 5.21 Å². The smallest absolute Gasteiger partial charge is 0.345 e. The number of benzene rings is 2. The molecule has 26 heavy (non-hydrogen) atoms. The molecule has 1 saturated heterocycles. The molecular weight excluding hydrogens is 339 g/mol. The van der Waals surface area contributed by atoms with Crippen LogP contribution < -0.4 is 0 Å². The summed E-state index contributed by atoms with van der Waals surface area (Å²) in [6.45, 7) is 2.11. The molecule has 0 aliphatic carbocycles. The number of ether oxygens (including phenoxy) is 1. The molecule has 0 aromatic heterocycles. The minimum atomic E-state index is -0.881. The number of urea groups is 1. The van der Waals surface area contributed by atoms with Crippen molar-refractivity contribution in [1.29, 1.82) is 0 Å². The van der Waals surface area contributed by atoms with E-state index in [4.69, 9.17) is 4.74 Å². The maximum atomic E-state index is 13.2. The van der Waals surface area contributed by atoms with Crippen LogP contribution in [0.3, 0.4) is 0 Å². The van der Waals surface area contributed by atoms with Crippen LogP contribution in [0.2, 0.25) is 0 Å². The topological polar surface area (TPSA) is 70.1 Å². The fourth-order valence-electron chi connectivity index (χ4n) is 3.63. The first-order valence-corrected chi connectivity index (χ1v) is 8.36. The number of halogens is 1. The van der Waals surface area contributed by atoms with Crippen molar-refractivity contribution in [3.8, 4) is 11.1 Å². The van der Waals surface area contributed by atoms with E-state index in [2.05, 4.69) is 0 Å². The van der Waals surface area contributed by atoms with Gasteiger partial charge in [0.05, 0.1) is 13.2 Å². The highest BCUT2D eigenvalue weighted by molar-refractivity contribution is 5.88. The summed E-state index contributed by atoms with van der Waals surface area (Å²) in [5.41, 5.74) is 2.94. The van der Waals surface area contributed by atoms with Crippen LogP contribution in [0.5, 0.6) is 0 Å². The van der Waals surface area contributed by atoms with Crippen LogP contribution in [-0.4, -0.2) is 40.3 Å². The maximum Gasteiger partial charge on any atom is 0.345 e. The molecule has 2 heterocycles. The lowest BCUT2D eigenvalue weighted by Gasteiger charge is -2.31. The molecule has 2 aliphatic heterocycles. The molecule has 0 saturated carbocycles. The normalized spacial score (nSPS) is 21.0. The van der Waals surface area contributed by atoms with Crippen LogP contribution in [-0.2, 0) is 9.53 Å². The Hall–Kier alpha value is -2.93. The average molecular weight is 356 g/mol.